The van der Waals surface area contributed by atoms with Gasteiger partial charge in [0.15, 0.2) is 0 Å². The molecule has 2 aliphatic heterocycles. The predicted molar refractivity (Wildman–Crippen MR) is 66.7 cm³/mol. The van der Waals surface area contributed by atoms with Crippen LogP contribution in [0.5, 0.6) is 0 Å². The van der Waals surface area contributed by atoms with Crippen molar-refractivity contribution in [3.63, 3.8) is 0 Å². The van der Waals surface area contributed by atoms with Crippen molar-refractivity contribution in [1.29, 1.82) is 0 Å². The van der Waals surface area contributed by atoms with E-state index in [0.29, 0.717) is 6.42 Å². The molecule has 1 aromatic rings. The molecule has 1 fully saturated rings. The summed E-state index contributed by atoms with van der Waals surface area (Å²) < 4.78 is 0. The fourth-order valence-corrected chi connectivity index (χ4v) is 2.65. The normalized spacial score (nSPS) is 23.0. The van der Waals surface area contributed by atoms with Crippen LogP contribution in [0.3, 0.4) is 0 Å². The highest BCUT2D eigenvalue weighted by molar-refractivity contribution is 5.79. The summed E-state index contributed by atoms with van der Waals surface area (Å²) in [7, 11) is 1.86. The number of hydrogen-bond acceptors (Lipinski definition) is 3. The molecule has 17 heavy (non-hydrogen) atoms. The quantitative estimate of drug-likeness (QED) is 0.796. The summed E-state index contributed by atoms with van der Waals surface area (Å²) in [6.07, 6.45) is 0.605. The zero-order valence-corrected chi connectivity index (χ0v) is 9.99. The van der Waals surface area contributed by atoms with E-state index < -0.39 is 0 Å². The molecule has 1 amide bonds. The summed E-state index contributed by atoms with van der Waals surface area (Å²) in [6.45, 7) is 2.68. The molecule has 0 aliphatic carbocycles. The zero-order valence-electron chi connectivity index (χ0n) is 9.99. The van der Waals surface area contributed by atoms with Crippen LogP contribution in [0.1, 0.15) is 17.5 Å². The number of benzene rings is 1. The third kappa shape index (κ3) is 1.89. The first kappa shape index (κ1) is 10.6. The van der Waals surface area contributed by atoms with Crippen LogP contribution in [0.2, 0.25) is 0 Å². The average Bonchev–Trinajstić information content (AvgIpc) is 2.87. The summed E-state index contributed by atoms with van der Waals surface area (Å²) in [5.41, 5.74) is 3.91. The molecule has 4 heteroatoms. The Labute approximate surface area is 101 Å². The van der Waals surface area contributed by atoms with Crippen molar-refractivity contribution in [2.24, 2.45) is 0 Å². The van der Waals surface area contributed by atoms with Gasteiger partial charge in [-0.15, -0.1) is 0 Å². The molecular weight excluding hydrogens is 214 g/mol. The molecule has 0 spiro atoms. The second-order valence-corrected chi connectivity index (χ2v) is 4.87. The van der Waals surface area contributed by atoms with Crippen molar-refractivity contribution < 1.29 is 4.79 Å². The third-order valence-corrected chi connectivity index (χ3v) is 3.59. The van der Waals surface area contributed by atoms with Gasteiger partial charge in [-0.05, 0) is 17.2 Å². The van der Waals surface area contributed by atoms with Crippen molar-refractivity contribution in [2.45, 2.75) is 25.6 Å². The first-order valence-corrected chi connectivity index (χ1v) is 6.06. The monoisotopic (exact) mass is 231 g/mol. The van der Waals surface area contributed by atoms with Gasteiger partial charge in [-0.1, -0.05) is 12.1 Å². The lowest BCUT2D eigenvalue weighted by molar-refractivity contribution is -0.126. The Hall–Kier alpha value is -1.55. The maximum Gasteiger partial charge on any atom is 0.224 e. The lowest BCUT2D eigenvalue weighted by Crippen LogP contribution is -2.24. The van der Waals surface area contributed by atoms with Crippen LogP contribution in [0.15, 0.2) is 18.2 Å². The molecule has 1 aromatic carbocycles. The summed E-state index contributed by atoms with van der Waals surface area (Å²) in [4.78, 5) is 13.3. The summed E-state index contributed by atoms with van der Waals surface area (Å²) >= 11 is 0. The standard InChI is InChI=1S/C13H17N3O/c1-16-8-10(5-13(16)17)15-12-4-2-3-9-6-14-7-11(9)12/h2-4,10,14-15H,5-8H2,1H3/t10-/m0/s1. The van der Waals surface area contributed by atoms with Gasteiger partial charge in [-0.25, -0.2) is 0 Å². The van der Waals surface area contributed by atoms with E-state index in [2.05, 4.69) is 28.8 Å². The van der Waals surface area contributed by atoms with E-state index in [9.17, 15) is 4.79 Å². The number of amides is 1. The molecule has 4 nitrogen and oxygen atoms in total. The van der Waals surface area contributed by atoms with Gasteiger partial charge in [0, 0.05) is 38.8 Å². The number of rotatable bonds is 2. The Balaban J connectivity index is 1.78. The van der Waals surface area contributed by atoms with Gasteiger partial charge >= 0.3 is 0 Å². The molecule has 0 radical (unpaired) electrons. The van der Waals surface area contributed by atoms with Crippen molar-refractivity contribution >= 4 is 11.6 Å². The highest BCUT2D eigenvalue weighted by Crippen LogP contribution is 2.26. The number of anilines is 1. The highest BCUT2D eigenvalue weighted by Gasteiger charge is 2.27. The van der Waals surface area contributed by atoms with Crippen molar-refractivity contribution in [2.75, 3.05) is 18.9 Å². The molecule has 0 bridgehead atoms. The largest absolute Gasteiger partial charge is 0.380 e. The van der Waals surface area contributed by atoms with Gasteiger partial charge < -0.3 is 15.5 Å². The number of carbonyl (C=O) groups excluding carboxylic acids is 1. The van der Waals surface area contributed by atoms with E-state index >= 15 is 0 Å². The SMILES string of the molecule is CN1C[C@@H](Nc2cccc3c2CNC3)CC1=O. The van der Waals surface area contributed by atoms with E-state index in [0.717, 1.165) is 19.6 Å². The smallest absolute Gasteiger partial charge is 0.224 e. The predicted octanol–water partition coefficient (Wildman–Crippen LogP) is 0.932. The second-order valence-electron chi connectivity index (χ2n) is 4.87. The fraction of sp³-hybridized carbons (Fsp3) is 0.462. The van der Waals surface area contributed by atoms with E-state index in [1.807, 2.05) is 7.05 Å². The molecule has 0 unspecified atom stereocenters. The fourth-order valence-electron chi connectivity index (χ4n) is 2.65. The van der Waals surface area contributed by atoms with Gasteiger partial charge in [0.05, 0.1) is 6.04 Å². The average molecular weight is 231 g/mol. The Kier molecular flexibility index (Phi) is 2.52. The van der Waals surface area contributed by atoms with Crippen LogP contribution >= 0.6 is 0 Å². The van der Waals surface area contributed by atoms with Crippen LogP contribution in [0.25, 0.3) is 0 Å². The molecule has 1 atom stereocenters. The van der Waals surface area contributed by atoms with Crippen molar-refractivity contribution in [3.8, 4) is 0 Å². The topological polar surface area (TPSA) is 44.4 Å². The first-order valence-electron chi connectivity index (χ1n) is 6.06. The molecule has 2 N–H and O–H groups in total. The number of likely N-dealkylation sites (tertiary alicyclic amines) is 1. The molecule has 1 saturated heterocycles. The second kappa shape index (κ2) is 4.04. The van der Waals surface area contributed by atoms with Crippen molar-refractivity contribution in [3.05, 3.63) is 29.3 Å². The number of hydrogen-bond donors (Lipinski definition) is 2. The number of fused-ring (bicyclic) bond motifs is 1. The minimum absolute atomic E-state index is 0.230. The molecule has 0 saturated carbocycles. The van der Waals surface area contributed by atoms with Crippen LogP contribution < -0.4 is 10.6 Å². The molecular formula is C13H17N3O. The zero-order chi connectivity index (χ0) is 11.8. The van der Waals surface area contributed by atoms with Gasteiger partial charge in [-0.3, -0.25) is 4.79 Å². The number of nitrogens with one attached hydrogen (secondary N) is 2. The summed E-state index contributed by atoms with van der Waals surface area (Å²) in [5, 5.41) is 6.85. The maximum absolute atomic E-state index is 11.5. The van der Waals surface area contributed by atoms with Gasteiger partial charge in [0.1, 0.15) is 0 Å². The lowest BCUT2D eigenvalue weighted by Gasteiger charge is -2.16. The van der Waals surface area contributed by atoms with Crippen LogP contribution in [-0.4, -0.2) is 30.4 Å². The van der Waals surface area contributed by atoms with Crippen LogP contribution in [0.4, 0.5) is 5.69 Å². The number of carbonyl (C=O) groups is 1. The first-order chi connectivity index (χ1) is 8.24. The van der Waals surface area contributed by atoms with Crippen LogP contribution in [0, 0.1) is 0 Å². The third-order valence-electron chi connectivity index (χ3n) is 3.59. The van der Waals surface area contributed by atoms with Crippen LogP contribution in [-0.2, 0) is 17.9 Å². The van der Waals surface area contributed by atoms with E-state index in [1.54, 1.807) is 4.90 Å². The number of nitrogens with zero attached hydrogens (tertiary/aromatic N) is 1. The molecule has 90 valence electrons. The Morgan fingerprint density at radius 2 is 2.29 bits per heavy atom. The maximum atomic E-state index is 11.5. The minimum atomic E-state index is 0.230. The summed E-state index contributed by atoms with van der Waals surface area (Å²) in [5.74, 6) is 0.230. The minimum Gasteiger partial charge on any atom is -0.380 e. The Morgan fingerprint density at radius 1 is 1.41 bits per heavy atom. The van der Waals surface area contributed by atoms with E-state index in [1.165, 1.54) is 16.8 Å². The van der Waals surface area contributed by atoms with E-state index in [4.69, 9.17) is 0 Å². The van der Waals surface area contributed by atoms with Gasteiger partial charge in [0.2, 0.25) is 5.91 Å². The molecule has 2 heterocycles. The van der Waals surface area contributed by atoms with E-state index in [-0.39, 0.29) is 11.9 Å². The van der Waals surface area contributed by atoms with Gasteiger partial charge in [-0.2, -0.15) is 0 Å². The lowest BCUT2D eigenvalue weighted by atomic mass is 10.1. The molecule has 3 rings (SSSR count). The Morgan fingerprint density at radius 3 is 3.06 bits per heavy atom. The summed E-state index contributed by atoms with van der Waals surface area (Å²) in [6, 6.07) is 6.59. The van der Waals surface area contributed by atoms with Gasteiger partial charge in [0.25, 0.3) is 0 Å². The highest BCUT2D eigenvalue weighted by atomic mass is 16.2. The Bertz CT molecular complexity index is 458. The number of likely N-dealkylation sites (N-methyl/N-ethyl adjacent to an activating group) is 1. The van der Waals surface area contributed by atoms with Crippen molar-refractivity contribution in [1.82, 2.24) is 10.2 Å². The molecule has 0 aromatic heterocycles. The molecule has 2 aliphatic rings.